The number of ether oxygens (including phenoxy) is 4. The molecule has 0 aliphatic carbocycles. The largest absolute Gasteiger partial charge is 0.573 e. The van der Waals surface area contributed by atoms with Crippen LogP contribution in [0.15, 0.2) is 78.9 Å². The van der Waals surface area contributed by atoms with Crippen LogP contribution in [0, 0.1) is 0 Å². The molecule has 0 aromatic heterocycles. The van der Waals surface area contributed by atoms with Crippen molar-refractivity contribution < 1.29 is 32.1 Å². The standard InChI is InChI=1S/C29H32F3NO4/c30-29(31,32)37-26-11-7-23(8-12-26)21-36-28-19-33-16-15-27(28)24-9-13-25(14-10-24)35-18-4-17-34-20-22-5-2-1-3-6-22/h1-3,5-14,27-28,33H,4,15-21H2. The maximum atomic E-state index is 12.4. The van der Waals surface area contributed by atoms with Gasteiger partial charge in [-0.2, -0.15) is 0 Å². The number of alkyl halides is 3. The van der Waals surface area contributed by atoms with Gasteiger partial charge < -0.3 is 24.3 Å². The molecular formula is C29H32F3NO4. The van der Waals surface area contributed by atoms with E-state index in [4.69, 9.17) is 14.2 Å². The van der Waals surface area contributed by atoms with Gasteiger partial charge in [0.25, 0.3) is 0 Å². The normalized spacial score (nSPS) is 17.9. The molecule has 1 heterocycles. The van der Waals surface area contributed by atoms with Gasteiger partial charge in [0.15, 0.2) is 0 Å². The molecule has 0 spiro atoms. The third kappa shape index (κ3) is 9.07. The zero-order chi connectivity index (χ0) is 25.9. The van der Waals surface area contributed by atoms with Gasteiger partial charge in [-0.05, 0) is 53.9 Å². The molecular weight excluding hydrogens is 483 g/mol. The van der Waals surface area contributed by atoms with Gasteiger partial charge >= 0.3 is 6.36 Å². The first-order chi connectivity index (χ1) is 18.0. The minimum absolute atomic E-state index is 0.0478. The predicted octanol–water partition coefficient (Wildman–Crippen LogP) is 6.23. The van der Waals surface area contributed by atoms with Crippen LogP contribution in [0.4, 0.5) is 13.2 Å². The molecule has 3 aromatic carbocycles. The number of rotatable bonds is 12. The molecule has 1 aliphatic heterocycles. The summed E-state index contributed by atoms with van der Waals surface area (Å²) in [4.78, 5) is 0. The van der Waals surface area contributed by atoms with Crippen LogP contribution in [-0.2, 0) is 22.7 Å². The summed E-state index contributed by atoms with van der Waals surface area (Å²) in [6.45, 7) is 3.74. The highest BCUT2D eigenvalue weighted by Gasteiger charge is 2.31. The summed E-state index contributed by atoms with van der Waals surface area (Å²) in [7, 11) is 0. The van der Waals surface area contributed by atoms with E-state index < -0.39 is 6.36 Å². The SMILES string of the molecule is FC(F)(F)Oc1ccc(COC2CNCCC2c2ccc(OCCCOCc3ccccc3)cc2)cc1. The van der Waals surface area contributed by atoms with Crippen molar-refractivity contribution in [3.8, 4) is 11.5 Å². The maximum Gasteiger partial charge on any atom is 0.573 e. The molecule has 198 valence electrons. The fraction of sp³-hybridized carbons (Fsp3) is 0.379. The first-order valence-electron chi connectivity index (χ1n) is 12.5. The fourth-order valence-electron chi connectivity index (χ4n) is 4.30. The van der Waals surface area contributed by atoms with Crippen LogP contribution in [-0.4, -0.2) is 38.8 Å². The molecule has 3 aromatic rings. The smallest absolute Gasteiger partial charge is 0.494 e. The molecule has 1 fully saturated rings. The molecule has 2 unspecified atom stereocenters. The van der Waals surface area contributed by atoms with E-state index in [1.54, 1.807) is 12.1 Å². The molecule has 8 heteroatoms. The van der Waals surface area contributed by atoms with E-state index in [-0.39, 0.29) is 17.8 Å². The van der Waals surface area contributed by atoms with Crippen molar-refractivity contribution >= 4 is 0 Å². The molecule has 0 radical (unpaired) electrons. The summed E-state index contributed by atoms with van der Waals surface area (Å²) in [6, 6.07) is 24.0. The number of nitrogens with one attached hydrogen (secondary N) is 1. The van der Waals surface area contributed by atoms with E-state index in [2.05, 4.69) is 22.2 Å². The second-order valence-electron chi connectivity index (χ2n) is 8.95. The number of benzene rings is 3. The van der Waals surface area contributed by atoms with Crippen LogP contribution in [0.1, 0.15) is 35.4 Å². The third-order valence-corrected chi connectivity index (χ3v) is 6.17. The molecule has 37 heavy (non-hydrogen) atoms. The van der Waals surface area contributed by atoms with E-state index in [9.17, 15) is 13.2 Å². The third-order valence-electron chi connectivity index (χ3n) is 6.17. The van der Waals surface area contributed by atoms with Gasteiger partial charge in [0, 0.05) is 18.9 Å². The second kappa shape index (κ2) is 13.5. The molecule has 0 amide bonds. The Morgan fingerprint density at radius 2 is 1.49 bits per heavy atom. The number of halogens is 3. The molecule has 0 bridgehead atoms. The Hall–Kier alpha value is -3.07. The van der Waals surface area contributed by atoms with Gasteiger partial charge in [0.05, 0.1) is 32.5 Å². The Labute approximate surface area is 215 Å². The fourth-order valence-corrected chi connectivity index (χ4v) is 4.30. The summed E-state index contributed by atoms with van der Waals surface area (Å²) in [5, 5.41) is 3.37. The highest BCUT2D eigenvalue weighted by Crippen LogP contribution is 2.30. The summed E-state index contributed by atoms with van der Waals surface area (Å²) >= 11 is 0. The Balaban J connectivity index is 1.21. The van der Waals surface area contributed by atoms with Crippen LogP contribution in [0.3, 0.4) is 0 Å². The summed E-state index contributed by atoms with van der Waals surface area (Å²) in [5.41, 5.74) is 3.13. The van der Waals surface area contributed by atoms with Crippen LogP contribution in [0.25, 0.3) is 0 Å². The highest BCUT2D eigenvalue weighted by atomic mass is 19.4. The molecule has 5 nitrogen and oxygen atoms in total. The zero-order valence-corrected chi connectivity index (χ0v) is 20.6. The minimum atomic E-state index is -4.70. The second-order valence-corrected chi connectivity index (χ2v) is 8.95. The van der Waals surface area contributed by atoms with Gasteiger partial charge in [-0.3, -0.25) is 0 Å². The van der Waals surface area contributed by atoms with Crippen molar-refractivity contribution in [3.63, 3.8) is 0 Å². The summed E-state index contributed by atoms with van der Waals surface area (Å²) < 4.78 is 58.7. The van der Waals surface area contributed by atoms with E-state index in [0.29, 0.717) is 33.0 Å². The summed E-state index contributed by atoms with van der Waals surface area (Å²) in [5.74, 6) is 0.796. The lowest BCUT2D eigenvalue weighted by Gasteiger charge is -2.32. The first-order valence-corrected chi connectivity index (χ1v) is 12.5. The molecule has 4 rings (SSSR count). The lowest BCUT2D eigenvalue weighted by Crippen LogP contribution is -2.40. The van der Waals surface area contributed by atoms with Crippen molar-refractivity contribution in [2.45, 2.75) is 44.4 Å². The first kappa shape index (κ1) is 27.0. The van der Waals surface area contributed by atoms with Gasteiger partial charge in [-0.15, -0.1) is 13.2 Å². The van der Waals surface area contributed by atoms with Crippen LogP contribution < -0.4 is 14.8 Å². The van der Waals surface area contributed by atoms with Crippen LogP contribution in [0.5, 0.6) is 11.5 Å². The van der Waals surface area contributed by atoms with Gasteiger partial charge in [-0.25, -0.2) is 0 Å². The topological polar surface area (TPSA) is 49.0 Å². The number of hydrogen-bond acceptors (Lipinski definition) is 5. The number of hydrogen-bond donors (Lipinski definition) is 1. The van der Waals surface area contributed by atoms with E-state index in [0.717, 1.165) is 36.3 Å². The monoisotopic (exact) mass is 515 g/mol. The molecule has 2 atom stereocenters. The van der Waals surface area contributed by atoms with Gasteiger partial charge in [0.2, 0.25) is 0 Å². The highest BCUT2D eigenvalue weighted by molar-refractivity contribution is 5.31. The van der Waals surface area contributed by atoms with Crippen LogP contribution >= 0.6 is 0 Å². The van der Waals surface area contributed by atoms with Gasteiger partial charge in [-0.1, -0.05) is 54.6 Å². The van der Waals surface area contributed by atoms with Crippen molar-refractivity contribution in [3.05, 3.63) is 95.6 Å². The molecule has 1 N–H and O–H groups in total. The predicted molar refractivity (Wildman–Crippen MR) is 135 cm³/mol. The van der Waals surface area contributed by atoms with E-state index >= 15 is 0 Å². The van der Waals surface area contributed by atoms with Crippen LogP contribution in [0.2, 0.25) is 0 Å². The average molecular weight is 516 g/mol. The zero-order valence-electron chi connectivity index (χ0n) is 20.6. The lowest BCUT2D eigenvalue weighted by atomic mass is 9.87. The van der Waals surface area contributed by atoms with E-state index in [1.165, 1.54) is 17.7 Å². The Morgan fingerprint density at radius 1 is 0.784 bits per heavy atom. The Morgan fingerprint density at radius 3 is 2.22 bits per heavy atom. The quantitative estimate of drug-likeness (QED) is 0.290. The van der Waals surface area contributed by atoms with E-state index in [1.807, 2.05) is 42.5 Å². The van der Waals surface area contributed by atoms with Gasteiger partial charge in [0.1, 0.15) is 11.5 Å². The lowest BCUT2D eigenvalue weighted by molar-refractivity contribution is -0.274. The Bertz CT molecular complexity index is 1060. The molecule has 0 saturated carbocycles. The minimum Gasteiger partial charge on any atom is -0.494 e. The van der Waals surface area contributed by atoms with Crippen molar-refractivity contribution in [2.75, 3.05) is 26.3 Å². The molecule has 1 saturated heterocycles. The van der Waals surface area contributed by atoms with Crippen molar-refractivity contribution in [1.29, 1.82) is 0 Å². The maximum absolute atomic E-state index is 12.4. The summed E-state index contributed by atoms with van der Waals surface area (Å²) in [6.07, 6.45) is -3.01. The average Bonchev–Trinajstić information content (AvgIpc) is 2.90. The molecule has 1 aliphatic rings. The van der Waals surface area contributed by atoms with Crippen molar-refractivity contribution in [1.82, 2.24) is 5.32 Å². The van der Waals surface area contributed by atoms with Crippen molar-refractivity contribution in [2.24, 2.45) is 0 Å². The Kier molecular flexibility index (Phi) is 9.82. The number of piperidine rings is 1.